The Balaban J connectivity index is 2.32. The minimum Gasteiger partial charge on any atom is -0.409 e. The fourth-order valence-electron chi connectivity index (χ4n) is 2.14. The van der Waals surface area contributed by atoms with Crippen molar-refractivity contribution in [1.29, 1.82) is 0 Å². The molecule has 3 N–H and O–H groups in total. The summed E-state index contributed by atoms with van der Waals surface area (Å²) in [5.74, 6) is 0.684. The molecule has 0 amide bonds. The average Bonchev–Trinajstić information content (AvgIpc) is 2.36. The molecule has 1 aromatic heterocycles. The molecular formula is C11H17N5OS. The van der Waals surface area contributed by atoms with Crippen LogP contribution in [0.3, 0.4) is 0 Å². The fraction of sp³-hybridized carbons (Fsp3) is 0.545. The van der Waals surface area contributed by atoms with E-state index >= 15 is 0 Å². The van der Waals surface area contributed by atoms with Gasteiger partial charge in [0.2, 0.25) is 0 Å². The van der Waals surface area contributed by atoms with Crippen LogP contribution in [0.15, 0.2) is 17.5 Å². The summed E-state index contributed by atoms with van der Waals surface area (Å²) in [6.45, 7) is 6.15. The van der Waals surface area contributed by atoms with E-state index in [1.165, 1.54) is 0 Å². The van der Waals surface area contributed by atoms with Crippen LogP contribution in [0.1, 0.15) is 19.5 Å². The zero-order chi connectivity index (χ0) is 13.1. The molecule has 2 heterocycles. The molecule has 1 fully saturated rings. The van der Waals surface area contributed by atoms with Crippen molar-refractivity contribution in [3.8, 4) is 0 Å². The fourth-order valence-corrected chi connectivity index (χ4v) is 3.47. The van der Waals surface area contributed by atoms with Gasteiger partial charge in [0.25, 0.3) is 0 Å². The van der Waals surface area contributed by atoms with Crippen molar-refractivity contribution in [2.24, 2.45) is 10.9 Å². The Morgan fingerprint density at radius 1 is 1.39 bits per heavy atom. The number of thioether (sulfide) groups is 1. The molecule has 2 atom stereocenters. The largest absolute Gasteiger partial charge is 0.409 e. The predicted molar refractivity (Wildman–Crippen MR) is 73.3 cm³/mol. The molecule has 0 aliphatic carbocycles. The van der Waals surface area contributed by atoms with Crippen LogP contribution in [-0.4, -0.2) is 44.6 Å². The van der Waals surface area contributed by atoms with Gasteiger partial charge in [0.05, 0.1) is 0 Å². The molecule has 0 bridgehead atoms. The molecule has 2 unspecified atom stereocenters. The maximum atomic E-state index is 8.79. The van der Waals surface area contributed by atoms with Gasteiger partial charge in [0.15, 0.2) is 17.3 Å². The van der Waals surface area contributed by atoms with Crippen LogP contribution in [0.4, 0.5) is 5.82 Å². The number of nitrogens with zero attached hydrogens (tertiary/aromatic N) is 4. The Morgan fingerprint density at radius 3 is 2.61 bits per heavy atom. The van der Waals surface area contributed by atoms with Crippen LogP contribution in [0.25, 0.3) is 0 Å². The molecule has 0 saturated carbocycles. The van der Waals surface area contributed by atoms with Gasteiger partial charge >= 0.3 is 0 Å². The molecule has 0 spiro atoms. The zero-order valence-corrected chi connectivity index (χ0v) is 11.3. The summed E-state index contributed by atoms with van der Waals surface area (Å²) in [5.41, 5.74) is 6.07. The van der Waals surface area contributed by atoms with E-state index in [0.717, 1.165) is 13.1 Å². The molecule has 98 valence electrons. The summed E-state index contributed by atoms with van der Waals surface area (Å²) in [7, 11) is 0. The second-order valence-corrected chi connectivity index (χ2v) is 6.26. The first-order chi connectivity index (χ1) is 8.61. The summed E-state index contributed by atoms with van der Waals surface area (Å²) in [6, 6.07) is 0. The second kappa shape index (κ2) is 5.43. The highest BCUT2D eigenvalue weighted by Gasteiger charge is 2.26. The third kappa shape index (κ3) is 2.66. The number of anilines is 1. The molecule has 1 aliphatic heterocycles. The molecule has 18 heavy (non-hydrogen) atoms. The van der Waals surface area contributed by atoms with E-state index in [1.807, 2.05) is 11.8 Å². The lowest BCUT2D eigenvalue weighted by atomic mass is 10.3. The van der Waals surface area contributed by atoms with Gasteiger partial charge in [-0.15, -0.1) is 0 Å². The monoisotopic (exact) mass is 267 g/mol. The first kappa shape index (κ1) is 12.9. The van der Waals surface area contributed by atoms with Crippen LogP contribution >= 0.6 is 11.8 Å². The molecule has 1 saturated heterocycles. The summed E-state index contributed by atoms with van der Waals surface area (Å²) in [4.78, 5) is 10.6. The Labute approximate surface area is 110 Å². The summed E-state index contributed by atoms with van der Waals surface area (Å²) >= 11 is 1.96. The van der Waals surface area contributed by atoms with Gasteiger partial charge in [-0.2, -0.15) is 11.8 Å². The molecule has 6 nitrogen and oxygen atoms in total. The van der Waals surface area contributed by atoms with Crippen LogP contribution in [0, 0.1) is 0 Å². The summed E-state index contributed by atoms with van der Waals surface area (Å²) in [5, 5.41) is 12.8. The zero-order valence-electron chi connectivity index (χ0n) is 10.4. The Hall–Kier alpha value is -1.50. The number of rotatable bonds is 2. The quantitative estimate of drug-likeness (QED) is 0.358. The molecule has 2 rings (SSSR count). The summed E-state index contributed by atoms with van der Waals surface area (Å²) < 4.78 is 0. The Kier molecular flexibility index (Phi) is 3.90. The topological polar surface area (TPSA) is 87.6 Å². The van der Waals surface area contributed by atoms with Crippen LogP contribution in [-0.2, 0) is 0 Å². The van der Waals surface area contributed by atoms with Crippen LogP contribution in [0.2, 0.25) is 0 Å². The second-order valence-electron chi connectivity index (χ2n) is 4.38. The maximum Gasteiger partial charge on any atom is 0.192 e. The number of hydrogen-bond acceptors (Lipinski definition) is 6. The number of amidine groups is 1. The highest BCUT2D eigenvalue weighted by molar-refractivity contribution is 8.00. The van der Waals surface area contributed by atoms with Crippen molar-refractivity contribution in [3.63, 3.8) is 0 Å². The third-order valence-corrected chi connectivity index (χ3v) is 3.98. The van der Waals surface area contributed by atoms with E-state index in [9.17, 15) is 0 Å². The van der Waals surface area contributed by atoms with Gasteiger partial charge in [-0.05, 0) is 0 Å². The number of hydrogen-bond donors (Lipinski definition) is 2. The molecule has 1 aliphatic rings. The third-order valence-electron chi connectivity index (χ3n) is 2.75. The standard InChI is InChI=1S/C11H17N5OS/c1-7-5-16(6-8(2)18-7)11-9(10(12)15-17)13-3-4-14-11/h3-4,7-8,17H,5-6H2,1-2H3,(H2,12,15). The first-order valence-corrected chi connectivity index (χ1v) is 6.75. The lowest BCUT2D eigenvalue weighted by molar-refractivity contribution is 0.318. The highest BCUT2D eigenvalue weighted by atomic mass is 32.2. The van der Waals surface area contributed by atoms with Crippen molar-refractivity contribution < 1.29 is 5.21 Å². The van der Waals surface area contributed by atoms with Gasteiger partial charge in [-0.1, -0.05) is 19.0 Å². The van der Waals surface area contributed by atoms with Crippen molar-refractivity contribution in [1.82, 2.24) is 9.97 Å². The van der Waals surface area contributed by atoms with Gasteiger partial charge in [0.1, 0.15) is 0 Å². The normalized spacial score (nSPS) is 25.2. The first-order valence-electron chi connectivity index (χ1n) is 5.81. The highest BCUT2D eigenvalue weighted by Crippen LogP contribution is 2.28. The van der Waals surface area contributed by atoms with Gasteiger partial charge in [-0.3, -0.25) is 0 Å². The minimum atomic E-state index is -0.00312. The molecule has 0 radical (unpaired) electrons. The Bertz CT molecular complexity index is 443. The number of nitrogens with two attached hydrogens (primary N) is 1. The molecule has 7 heteroatoms. The van der Waals surface area contributed by atoms with Crippen LogP contribution < -0.4 is 10.6 Å². The summed E-state index contributed by atoms with van der Waals surface area (Å²) in [6.07, 6.45) is 3.17. The predicted octanol–water partition coefficient (Wildman–Crippen LogP) is 0.901. The van der Waals surface area contributed by atoms with Crippen molar-refractivity contribution in [2.75, 3.05) is 18.0 Å². The van der Waals surface area contributed by atoms with E-state index in [4.69, 9.17) is 10.9 Å². The molecular weight excluding hydrogens is 250 g/mol. The molecule has 0 aromatic carbocycles. The van der Waals surface area contributed by atoms with Crippen molar-refractivity contribution in [3.05, 3.63) is 18.1 Å². The minimum absolute atomic E-state index is 0.00312. The van der Waals surface area contributed by atoms with Crippen molar-refractivity contribution >= 4 is 23.4 Å². The smallest absolute Gasteiger partial charge is 0.192 e. The van der Waals surface area contributed by atoms with Gasteiger partial charge in [0, 0.05) is 36.0 Å². The lowest BCUT2D eigenvalue weighted by Crippen LogP contribution is -2.42. The maximum absolute atomic E-state index is 8.79. The SMILES string of the molecule is CC1CN(c2nccnc2C(N)=NO)CC(C)S1. The number of oxime groups is 1. The average molecular weight is 267 g/mol. The van der Waals surface area contributed by atoms with E-state index < -0.39 is 0 Å². The van der Waals surface area contributed by atoms with Crippen LogP contribution in [0.5, 0.6) is 0 Å². The van der Waals surface area contributed by atoms with Gasteiger partial charge in [-0.25, -0.2) is 9.97 Å². The van der Waals surface area contributed by atoms with E-state index in [1.54, 1.807) is 12.4 Å². The molecule has 1 aromatic rings. The van der Waals surface area contributed by atoms with Crippen molar-refractivity contribution in [2.45, 2.75) is 24.3 Å². The van der Waals surface area contributed by atoms with E-state index in [0.29, 0.717) is 22.0 Å². The Morgan fingerprint density at radius 2 is 2.00 bits per heavy atom. The van der Waals surface area contributed by atoms with E-state index in [-0.39, 0.29) is 5.84 Å². The van der Waals surface area contributed by atoms with Gasteiger partial charge < -0.3 is 15.8 Å². The number of aromatic nitrogens is 2. The van der Waals surface area contributed by atoms with E-state index in [2.05, 4.69) is 33.9 Å². The lowest BCUT2D eigenvalue weighted by Gasteiger charge is -2.35.